The molecule has 0 radical (unpaired) electrons. The number of benzene rings is 2. The summed E-state index contributed by atoms with van der Waals surface area (Å²) in [5, 5.41) is 11.3. The van der Waals surface area contributed by atoms with Gasteiger partial charge in [0.05, 0.1) is 17.7 Å². The van der Waals surface area contributed by atoms with E-state index in [1.54, 1.807) is 31.2 Å². The molecule has 0 saturated carbocycles. The molecular weight excluding hydrogens is 289 g/mol. The number of nitro groups is 1. The fourth-order valence-electron chi connectivity index (χ4n) is 2.04. The van der Waals surface area contributed by atoms with E-state index < -0.39 is 12.3 Å². The number of rotatable bonds is 6. The molecule has 5 nitrogen and oxygen atoms in total. The highest BCUT2D eigenvalue weighted by Crippen LogP contribution is 2.49. The summed E-state index contributed by atoms with van der Waals surface area (Å²) in [4.78, 5) is 10.2. The first kappa shape index (κ1) is 15.4. The third-order valence-corrected chi connectivity index (χ3v) is 5.57. The number of nitro benzene ring substituents is 1. The second kappa shape index (κ2) is 6.66. The summed E-state index contributed by atoms with van der Waals surface area (Å²) in [7, 11) is -3.00. The Kier molecular flexibility index (Phi) is 4.89. The van der Waals surface area contributed by atoms with Crippen LogP contribution < -0.4 is 5.30 Å². The van der Waals surface area contributed by atoms with Crippen molar-refractivity contribution in [2.24, 2.45) is 0 Å². The summed E-state index contributed by atoms with van der Waals surface area (Å²) in [5.41, 5.74) is 0.769. The first-order valence-corrected chi connectivity index (χ1v) is 8.39. The van der Waals surface area contributed by atoms with Crippen LogP contribution in [0.4, 0.5) is 5.69 Å². The molecule has 0 aromatic heterocycles. The minimum Gasteiger partial charge on any atom is -0.325 e. The molecule has 0 heterocycles. The zero-order valence-electron chi connectivity index (χ0n) is 11.6. The first-order valence-electron chi connectivity index (χ1n) is 6.58. The third-order valence-electron chi connectivity index (χ3n) is 3.03. The molecule has 2 aromatic carbocycles. The zero-order chi connectivity index (χ0) is 15.3. The number of hydrogen-bond acceptors (Lipinski definition) is 4. The maximum absolute atomic E-state index is 13.0. The highest BCUT2D eigenvalue weighted by Gasteiger charge is 2.25. The van der Waals surface area contributed by atoms with Crippen molar-refractivity contribution in [2.75, 3.05) is 6.61 Å². The van der Waals surface area contributed by atoms with Crippen LogP contribution in [0.2, 0.25) is 0 Å². The smallest absolute Gasteiger partial charge is 0.269 e. The van der Waals surface area contributed by atoms with Crippen LogP contribution >= 0.6 is 7.37 Å². The maximum atomic E-state index is 13.0. The average molecular weight is 305 g/mol. The van der Waals surface area contributed by atoms with Gasteiger partial charge in [-0.3, -0.25) is 14.7 Å². The largest absolute Gasteiger partial charge is 0.325 e. The van der Waals surface area contributed by atoms with Crippen molar-refractivity contribution in [3.05, 3.63) is 70.3 Å². The van der Waals surface area contributed by atoms with Gasteiger partial charge in [0, 0.05) is 17.4 Å². The first-order chi connectivity index (χ1) is 10.0. The van der Waals surface area contributed by atoms with Crippen molar-refractivity contribution in [1.29, 1.82) is 0 Å². The quantitative estimate of drug-likeness (QED) is 0.463. The molecule has 0 N–H and O–H groups in total. The molecule has 1 atom stereocenters. The molecular formula is C15H16NO4P. The lowest BCUT2D eigenvalue weighted by Gasteiger charge is -2.18. The molecule has 2 rings (SSSR count). The van der Waals surface area contributed by atoms with Crippen molar-refractivity contribution in [2.45, 2.75) is 13.1 Å². The van der Waals surface area contributed by atoms with Crippen molar-refractivity contribution >= 4 is 18.4 Å². The average Bonchev–Trinajstić information content (AvgIpc) is 2.49. The van der Waals surface area contributed by atoms with Gasteiger partial charge in [-0.1, -0.05) is 30.3 Å². The van der Waals surface area contributed by atoms with Gasteiger partial charge in [-0.25, -0.2) is 0 Å². The predicted octanol–water partition coefficient (Wildman–Crippen LogP) is 3.73. The van der Waals surface area contributed by atoms with Gasteiger partial charge in [0.2, 0.25) is 7.37 Å². The molecule has 110 valence electrons. The minimum absolute atomic E-state index is 0.0182. The van der Waals surface area contributed by atoms with Gasteiger partial charge < -0.3 is 4.52 Å². The zero-order valence-corrected chi connectivity index (χ0v) is 12.5. The summed E-state index contributed by atoms with van der Waals surface area (Å²) < 4.78 is 18.6. The molecule has 0 fully saturated rings. The van der Waals surface area contributed by atoms with E-state index in [0.29, 0.717) is 11.9 Å². The lowest BCUT2D eigenvalue weighted by molar-refractivity contribution is -0.384. The van der Waals surface area contributed by atoms with E-state index in [1.165, 1.54) is 12.1 Å². The summed E-state index contributed by atoms with van der Waals surface area (Å²) in [5.74, 6) is 0. The van der Waals surface area contributed by atoms with Crippen LogP contribution in [0.1, 0.15) is 12.5 Å². The summed E-state index contributed by atoms with van der Waals surface area (Å²) in [6.45, 7) is 2.14. The Morgan fingerprint density at radius 2 is 1.71 bits per heavy atom. The van der Waals surface area contributed by atoms with Crippen LogP contribution in [0.3, 0.4) is 0 Å². The van der Waals surface area contributed by atoms with Crippen LogP contribution in [0.25, 0.3) is 0 Å². The van der Waals surface area contributed by atoms with Gasteiger partial charge in [-0.2, -0.15) is 0 Å². The third kappa shape index (κ3) is 3.78. The molecule has 0 bridgehead atoms. The van der Waals surface area contributed by atoms with E-state index in [4.69, 9.17) is 4.52 Å². The maximum Gasteiger partial charge on any atom is 0.269 e. The Morgan fingerprint density at radius 3 is 2.24 bits per heavy atom. The number of hydrogen-bond donors (Lipinski definition) is 0. The number of non-ortho nitro benzene ring substituents is 1. The van der Waals surface area contributed by atoms with Gasteiger partial charge in [-0.15, -0.1) is 0 Å². The van der Waals surface area contributed by atoms with Crippen LogP contribution in [-0.2, 0) is 15.3 Å². The van der Waals surface area contributed by atoms with E-state index >= 15 is 0 Å². The Morgan fingerprint density at radius 1 is 1.10 bits per heavy atom. The Bertz CT molecular complexity index is 655. The summed E-state index contributed by atoms with van der Waals surface area (Å²) in [6, 6.07) is 15.1. The minimum atomic E-state index is -3.00. The van der Waals surface area contributed by atoms with Crippen LogP contribution in [0.15, 0.2) is 54.6 Å². The van der Waals surface area contributed by atoms with Gasteiger partial charge in [0.15, 0.2) is 0 Å². The van der Waals surface area contributed by atoms with Crippen molar-refractivity contribution < 1.29 is 14.0 Å². The highest BCUT2D eigenvalue weighted by molar-refractivity contribution is 7.66. The molecule has 0 aliphatic carbocycles. The topological polar surface area (TPSA) is 69.4 Å². The van der Waals surface area contributed by atoms with E-state index in [2.05, 4.69) is 0 Å². The SMILES string of the molecule is CCOP(=O)(Cc1ccc([N+](=O)[O-])cc1)c1ccccc1. The Labute approximate surface area is 123 Å². The van der Waals surface area contributed by atoms with Crippen LogP contribution in [-0.4, -0.2) is 11.5 Å². The normalized spacial score (nSPS) is 13.6. The Balaban J connectivity index is 2.28. The summed E-state index contributed by atoms with van der Waals surface area (Å²) in [6.07, 6.45) is 0.225. The molecule has 0 spiro atoms. The predicted molar refractivity (Wildman–Crippen MR) is 82.1 cm³/mol. The van der Waals surface area contributed by atoms with Gasteiger partial charge >= 0.3 is 0 Å². The van der Waals surface area contributed by atoms with Gasteiger partial charge in [0.1, 0.15) is 0 Å². The van der Waals surface area contributed by atoms with E-state index in [9.17, 15) is 14.7 Å². The highest BCUT2D eigenvalue weighted by atomic mass is 31.2. The van der Waals surface area contributed by atoms with E-state index in [-0.39, 0.29) is 11.8 Å². The lowest BCUT2D eigenvalue weighted by Crippen LogP contribution is -2.09. The fourth-order valence-corrected chi connectivity index (χ4v) is 4.20. The molecule has 6 heteroatoms. The van der Waals surface area contributed by atoms with Gasteiger partial charge in [0.25, 0.3) is 5.69 Å². The second-order valence-electron chi connectivity index (χ2n) is 4.51. The fraction of sp³-hybridized carbons (Fsp3) is 0.200. The van der Waals surface area contributed by atoms with E-state index in [1.807, 2.05) is 18.2 Å². The van der Waals surface area contributed by atoms with Crippen LogP contribution in [0.5, 0.6) is 0 Å². The van der Waals surface area contributed by atoms with E-state index in [0.717, 1.165) is 5.56 Å². The molecule has 0 saturated heterocycles. The Hall–Kier alpha value is -1.97. The molecule has 0 amide bonds. The molecule has 2 aromatic rings. The van der Waals surface area contributed by atoms with Crippen molar-refractivity contribution in [1.82, 2.24) is 0 Å². The summed E-state index contributed by atoms with van der Waals surface area (Å²) >= 11 is 0. The van der Waals surface area contributed by atoms with Gasteiger partial charge in [-0.05, 0) is 24.6 Å². The monoisotopic (exact) mass is 305 g/mol. The second-order valence-corrected chi connectivity index (χ2v) is 6.95. The van der Waals surface area contributed by atoms with Crippen molar-refractivity contribution in [3.63, 3.8) is 0 Å². The van der Waals surface area contributed by atoms with Crippen LogP contribution in [0, 0.1) is 10.1 Å². The standard InChI is InChI=1S/C15H16NO4P/c1-2-20-21(19,15-6-4-3-5-7-15)12-13-8-10-14(11-9-13)16(17)18/h3-11H,2,12H2,1H3. The molecule has 21 heavy (non-hydrogen) atoms. The molecule has 0 aliphatic heterocycles. The van der Waals surface area contributed by atoms with Crippen molar-refractivity contribution in [3.8, 4) is 0 Å². The number of nitrogens with zero attached hydrogens (tertiary/aromatic N) is 1. The molecule has 1 unspecified atom stereocenters. The molecule has 0 aliphatic rings. The lowest BCUT2D eigenvalue weighted by atomic mass is 10.2.